The van der Waals surface area contributed by atoms with Crippen LogP contribution in [0, 0.1) is 20.8 Å². The van der Waals surface area contributed by atoms with Crippen molar-refractivity contribution in [1.82, 2.24) is 15.3 Å². The van der Waals surface area contributed by atoms with Gasteiger partial charge in [0, 0.05) is 10.3 Å². The highest BCUT2D eigenvalue weighted by molar-refractivity contribution is 8.00. The highest BCUT2D eigenvalue weighted by Crippen LogP contribution is 2.35. The summed E-state index contributed by atoms with van der Waals surface area (Å²) in [7, 11) is 0. The van der Waals surface area contributed by atoms with Crippen LogP contribution in [0.1, 0.15) is 23.2 Å². The number of nitrogens with zero attached hydrogens (tertiary/aromatic N) is 2. The molecule has 0 aliphatic heterocycles. The number of carbonyl (C=O) groups excluding carboxylic acids is 3. The lowest BCUT2D eigenvalue weighted by Gasteiger charge is -2.12. The van der Waals surface area contributed by atoms with Gasteiger partial charge in [-0.05, 0) is 33.3 Å². The normalized spacial score (nSPS) is 12.0. The van der Waals surface area contributed by atoms with Crippen LogP contribution in [0.3, 0.4) is 0 Å². The van der Waals surface area contributed by atoms with Crippen molar-refractivity contribution in [3.63, 3.8) is 0 Å². The molecule has 0 aromatic carbocycles. The van der Waals surface area contributed by atoms with Gasteiger partial charge in [0.15, 0.2) is 6.10 Å². The Morgan fingerprint density at radius 3 is 2.60 bits per heavy atom. The Bertz CT molecular complexity index is 850. The van der Waals surface area contributed by atoms with E-state index in [-0.39, 0.29) is 5.75 Å². The number of nitrogens with two attached hydrogens (primary N) is 1. The number of thioether (sulfide) groups is 1. The van der Waals surface area contributed by atoms with Gasteiger partial charge in [-0.3, -0.25) is 14.9 Å². The first-order valence-corrected chi connectivity index (χ1v) is 9.16. The van der Waals surface area contributed by atoms with Gasteiger partial charge in [0.25, 0.3) is 5.91 Å². The summed E-state index contributed by atoms with van der Waals surface area (Å²) >= 11 is 2.81. The van der Waals surface area contributed by atoms with E-state index in [1.807, 2.05) is 19.2 Å². The van der Waals surface area contributed by atoms with E-state index < -0.39 is 24.0 Å². The summed E-state index contributed by atoms with van der Waals surface area (Å²) in [5, 5.41) is 3.50. The van der Waals surface area contributed by atoms with Crippen molar-refractivity contribution in [3.8, 4) is 0 Å². The standard InChI is InChI=1S/C15H18N4O4S2/c1-6-8(3)25-14-11(6)13(17-9(4)18-14)24-5-10(20)23-7(2)12(21)19-15(16)22/h7H,5H2,1-4H3,(H3,16,19,21,22)/t7-/m1/s1. The molecule has 0 saturated heterocycles. The predicted molar refractivity (Wildman–Crippen MR) is 95.6 cm³/mol. The molecule has 0 bridgehead atoms. The molecule has 3 amide bonds. The van der Waals surface area contributed by atoms with Crippen molar-refractivity contribution in [1.29, 1.82) is 0 Å². The Morgan fingerprint density at radius 2 is 1.96 bits per heavy atom. The molecule has 134 valence electrons. The lowest BCUT2D eigenvalue weighted by Crippen LogP contribution is -2.42. The van der Waals surface area contributed by atoms with Crippen molar-refractivity contribution >= 4 is 51.2 Å². The number of nitrogens with one attached hydrogen (secondary N) is 1. The predicted octanol–water partition coefficient (Wildman–Crippen LogP) is 1.84. The fourth-order valence-corrected chi connectivity index (χ4v) is 4.11. The number of carbonyl (C=O) groups is 3. The molecule has 0 fully saturated rings. The van der Waals surface area contributed by atoms with E-state index in [4.69, 9.17) is 10.5 Å². The molecule has 0 saturated carbocycles. The molecule has 0 aliphatic carbocycles. The molecule has 0 radical (unpaired) electrons. The number of imide groups is 1. The second kappa shape index (κ2) is 7.79. The molecular weight excluding hydrogens is 364 g/mol. The van der Waals surface area contributed by atoms with Crippen LogP contribution in [-0.4, -0.2) is 39.7 Å². The van der Waals surface area contributed by atoms with Crippen molar-refractivity contribution in [2.45, 2.75) is 38.8 Å². The van der Waals surface area contributed by atoms with Gasteiger partial charge in [0.05, 0.1) is 5.75 Å². The largest absolute Gasteiger partial charge is 0.452 e. The Balaban J connectivity index is 2.06. The quantitative estimate of drug-likeness (QED) is 0.459. The zero-order valence-electron chi connectivity index (χ0n) is 14.2. The number of amides is 3. The molecule has 0 spiro atoms. The van der Waals surface area contributed by atoms with E-state index in [9.17, 15) is 14.4 Å². The first kappa shape index (κ1) is 19.1. The van der Waals surface area contributed by atoms with Gasteiger partial charge in [-0.2, -0.15) is 0 Å². The second-order valence-electron chi connectivity index (χ2n) is 5.31. The van der Waals surface area contributed by atoms with Crippen molar-refractivity contribution in [2.24, 2.45) is 5.73 Å². The minimum absolute atomic E-state index is 0.0198. The summed E-state index contributed by atoms with van der Waals surface area (Å²) in [4.78, 5) is 45.0. The number of fused-ring (bicyclic) bond motifs is 1. The van der Waals surface area contributed by atoms with E-state index in [0.717, 1.165) is 20.7 Å². The van der Waals surface area contributed by atoms with Gasteiger partial charge >= 0.3 is 12.0 Å². The molecule has 0 aliphatic rings. The number of aryl methyl sites for hydroxylation is 3. The smallest absolute Gasteiger partial charge is 0.318 e. The van der Waals surface area contributed by atoms with Crippen molar-refractivity contribution in [2.75, 3.05) is 5.75 Å². The summed E-state index contributed by atoms with van der Waals surface area (Å²) < 4.78 is 4.99. The number of thiophene rings is 1. The number of primary amides is 1. The molecule has 8 nitrogen and oxygen atoms in total. The fraction of sp³-hybridized carbons (Fsp3) is 0.400. The summed E-state index contributed by atoms with van der Waals surface area (Å²) in [5.41, 5.74) is 5.94. The molecule has 25 heavy (non-hydrogen) atoms. The average Bonchev–Trinajstić information content (AvgIpc) is 2.78. The van der Waals surface area contributed by atoms with E-state index in [1.165, 1.54) is 18.7 Å². The average molecular weight is 382 g/mol. The van der Waals surface area contributed by atoms with Crippen LogP contribution in [0.2, 0.25) is 0 Å². The molecular formula is C15H18N4O4S2. The van der Waals surface area contributed by atoms with Crippen LogP contribution in [0.25, 0.3) is 10.2 Å². The van der Waals surface area contributed by atoms with Crippen LogP contribution in [0.4, 0.5) is 4.79 Å². The van der Waals surface area contributed by atoms with Crippen LogP contribution in [-0.2, 0) is 14.3 Å². The first-order chi connectivity index (χ1) is 11.7. The van der Waals surface area contributed by atoms with Gasteiger partial charge in [0.2, 0.25) is 0 Å². The first-order valence-electron chi connectivity index (χ1n) is 7.36. The Labute approximate surface area is 152 Å². The van der Waals surface area contributed by atoms with Gasteiger partial charge in [-0.15, -0.1) is 11.3 Å². The minimum Gasteiger partial charge on any atom is -0.452 e. The van der Waals surface area contributed by atoms with Crippen LogP contribution in [0.15, 0.2) is 5.03 Å². The molecule has 2 rings (SSSR count). The van der Waals surface area contributed by atoms with Gasteiger partial charge < -0.3 is 10.5 Å². The number of ether oxygens (including phenoxy) is 1. The number of hydrogen-bond donors (Lipinski definition) is 2. The maximum absolute atomic E-state index is 11.9. The highest BCUT2D eigenvalue weighted by atomic mass is 32.2. The number of urea groups is 1. The van der Waals surface area contributed by atoms with Crippen molar-refractivity contribution in [3.05, 3.63) is 16.3 Å². The van der Waals surface area contributed by atoms with Crippen molar-refractivity contribution < 1.29 is 19.1 Å². The maximum atomic E-state index is 11.9. The molecule has 2 aromatic heterocycles. The van der Waals surface area contributed by atoms with Gasteiger partial charge in [0.1, 0.15) is 15.7 Å². The van der Waals surface area contributed by atoms with E-state index in [1.54, 1.807) is 18.3 Å². The summed E-state index contributed by atoms with van der Waals surface area (Å²) in [5.74, 6) is -0.756. The van der Waals surface area contributed by atoms with Crippen LogP contribution < -0.4 is 11.1 Å². The molecule has 1 atom stereocenters. The zero-order valence-corrected chi connectivity index (χ0v) is 15.8. The molecule has 3 N–H and O–H groups in total. The third-order valence-corrected chi connectivity index (χ3v) is 5.41. The number of esters is 1. The highest BCUT2D eigenvalue weighted by Gasteiger charge is 2.20. The van der Waals surface area contributed by atoms with E-state index >= 15 is 0 Å². The fourth-order valence-electron chi connectivity index (χ4n) is 2.05. The van der Waals surface area contributed by atoms with E-state index in [2.05, 4.69) is 9.97 Å². The topological polar surface area (TPSA) is 124 Å². The minimum atomic E-state index is -1.11. The lowest BCUT2D eigenvalue weighted by atomic mass is 10.2. The van der Waals surface area contributed by atoms with Gasteiger partial charge in [-0.1, -0.05) is 11.8 Å². The number of rotatable bonds is 5. The number of hydrogen-bond acceptors (Lipinski definition) is 8. The molecule has 10 heteroatoms. The summed E-state index contributed by atoms with van der Waals surface area (Å²) in [6, 6.07) is -0.996. The Kier molecular flexibility index (Phi) is 5.96. The molecule has 2 aromatic rings. The number of aromatic nitrogens is 2. The summed E-state index contributed by atoms with van der Waals surface area (Å²) in [6.07, 6.45) is -1.11. The zero-order chi connectivity index (χ0) is 18.7. The monoisotopic (exact) mass is 382 g/mol. The maximum Gasteiger partial charge on any atom is 0.318 e. The third-order valence-electron chi connectivity index (χ3n) is 3.36. The summed E-state index contributed by atoms with van der Waals surface area (Å²) in [6.45, 7) is 7.16. The van der Waals surface area contributed by atoms with Crippen LogP contribution >= 0.6 is 23.1 Å². The second-order valence-corrected chi connectivity index (χ2v) is 7.48. The Morgan fingerprint density at radius 1 is 1.28 bits per heavy atom. The van der Waals surface area contributed by atoms with Gasteiger partial charge in [-0.25, -0.2) is 14.8 Å². The van der Waals surface area contributed by atoms with E-state index in [0.29, 0.717) is 10.9 Å². The third kappa shape index (κ3) is 4.67. The SMILES string of the molecule is Cc1nc(SCC(=O)O[C@H](C)C(=O)NC(N)=O)c2c(C)c(C)sc2n1. The molecule has 0 unspecified atom stereocenters. The van der Waals surface area contributed by atoms with Crippen LogP contribution in [0.5, 0.6) is 0 Å². The molecule has 2 heterocycles. The Hall–Kier alpha value is -2.20. The lowest BCUT2D eigenvalue weighted by molar-refractivity contribution is -0.151.